The molecule has 4 rings (SSSR count). The first-order chi connectivity index (χ1) is 17.5. The summed E-state index contributed by atoms with van der Waals surface area (Å²) in [6.07, 6.45) is 1.44. The SMILES string of the molecule is CCOc1ccc(C(=O)Oc2ccc3ccccc3c2C=NNC(=O)COc2cccc(Cl)c2)cc1. The number of nitrogens with zero attached hydrogens (tertiary/aromatic N) is 1. The highest BCUT2D eigenvalue weighted by Crippen LogP contribution is 2.27. The van der Waals surface area contributed by atoms with Gasteiger partial charge >= 0.3 is 5.97 Å². The second kappa shape index (κ2) is 11.9. The first kappa shape index (κ1) is 24.8. The summed E-state index contributed by atoms with van der Waals surface area (Å²) >= 11 is 5.92. The highest BCUT2D eigenvalue weighted by atomic mass is 35.5. The Balaban J connectivity index is 1.49. The number of esters is 1. The zero-order chi connectivity index (χ0) is 25.3. The van der Waals surface area contributed by atoms with Crippen LogP contribution in [0.2, 0.25) is 5.02 Å². The van der Waals surface area contributed by atoms with E-state index in [4.69, 9.17) is 25.8 Å². The van der Waals surface area contributed by atoms with Gasteiger partial charge in [0, 0.05) is 10.6 Å². The van der Waals surface area contributed by atoms with E-state index in [0.29, 0.717) is 40.0 Å². The molecular weight excluding hydrogens is 480 g/mol. The fourth-order valence-corrected chi connectivity index (χ4v) is 3.60. The zero-order valence-electron chi connectivity index (χ0n) is 19.4. The molecule has 0 saturated carbocycles. The van der Waals surface area contributed by atoms with Gasteiger partial charge in [0.25, 0.3) is 5.91 Å². The number of benzene rings is 4. The molecule has 0 fully saturated rings. The van der Waals surface area contributed by atoms with Crippen molar-refractivity contribution in [1.82, 2.24) is 5.43 Å². The summed E-state index contributed by atoms with van der Waals surface area (Å²) in [5, 5.41) is 6.30. The van der Waals surface area contributed by atoms with Crippen LogP contribution in [0.5, 0.6) is 17.2 Å². The van der Waals surface area contributed by atoms with Gasteiger partial charge in [-0.25, -0.2) is 10.2 Å². The Bertz CT molecular complexity index is 1400. The standard InChI is InChI=1S/C28H23ClN2O5/c1-2-34-22-13-10-20(11-14-22)28(33)36-26-15-12-19-6-3-4-9-24(19)25(26)17-30-31-27(32)18-35-23-8-5-7-21(29)16-23/h3-17H,2,18H2,1H3,(H,31,32). The molecule has 0 bridgehead atoms. The Morgan fingerprint density at radius 1 is 0.917 bits per heavy atom. The van der Waals surface area contributed by atoms with Crippen LogP contribution in [0.25, 0.3) is 10.8 Å². The fourth-order valence-electron chi connectivity index (χ4n) is 3.42. The van der Waals surface area contributed by atoms with Crippen molar-refractivity contribution in [2.45, 2.75) is 6.92 Å². The van der Waals surface area contributed by atoms with Crippen LogP contribution in [0.3, 0.4) is 0 Å². The van der Waals surface area contributed by atoms with Crippen LogP contribution >= 0.6 is 11.6 Å². The number of hydrogen-bond donors (Lipinski definition) is 1. The summed E-state index contributed by atoms with van der Waals surface area (Å²) in [7, 11) is 0. The number of amides is 1. The molecule has 7 nitrogen and oxygen atoms in total. The van der Waals surface area contributed by atoms with E-state index >= 15 is 0 Å². The monoisotopic (exact) mass is 502 g/mol. The van der Waals surface area contributed by atoms with E-state index in [-0.39, 0.29) is 6.61 Å². The van der Waals surface area contributed by atoms with E-state index < -0.39 is 11.9 Å². The molecule has 182 valence electrons. The van der Waals surface area contributed by atoms with Crippen molar-refractivity contribution in [3.63, 3.8) is 0 Å². The summed E-state index contributed by atoms with van der Waals surface area (Å²) in [5.74, 6) is 0.462. The van der Waals surface area contributed by atoms with Crippen molar-refractivity contribution in [2.75, 3.05) is 13.2 Å². The normalized spacial score (nSPS) is 10.8. The molecule has 4 aromatic carbocycles. The summed E-state index contributed by atoms with van der Waals surface area (Å²) < 4.78 is 16.5. The minimum Gasteiger partial charge on any atom is -0.494 e. The maximum absolute atomic E-state index is 12.8. The van der Waals surface area contributed by atoms with E-state index in [1.165, 1.54) is 6.21 Å². The Kier molecular flexibility index (Phi) is 8.16. The van der Waals surface area contributed by atoms with Crippen molar-refractivity contribution in [2.24, 2.45) is 5.10 Å². The van der Waals surface area contributed by atoms with Crippen LogP contribution in [0.1, 0.15) is 22.8 Å². The Labute approximate surface area is 213 Å². The molecule has 8 heteroatoms. The number of fused-ring (bicyclic) bond motifs is 1. The number of carbonyl (C=O) groups is 2. The van der Waals surface area contributed by atoms with Crippen LogP contribution in [0, 0.1) is 0 Å². The molecule has 0 spiro atoms. The number of rotatable bonds is 9. The lowest BCUT2D eigenvalue weighted by Crippen LogP contribution is -2.24. The molecule has 0 heterocycles. The number of ether oxygens (including phenoxy) is 3. The molecule has 0 aliphatic heterocycles. The van der Waals surface area contributed by atoms with E-state index in [0.717, 1.165) is 10.8 Å². The third-order valence-corrected chi connectivity index (χ3v) is 5.32. The topological polar surface area (TPSA) is 86.2 Å². The summed E-state index contributed by atoms with van der Waals surface area (Å²) in [6.45, 7) is 2.18. The Morgan fingerprint density at radius 3 is 2.50 bits per heavy atom. The van der Waals surface area contributed by atoms with Crippen molar-refractivity contribution in [1.29, 1.82) is 0 Å². The van der Waals surface area contributed by atoms with Gasteiger partial charge in [-0.15, -0.1) is 0 Å². The average molecular weight is 503 g/mol. The quantitative estimate of drug-likeness (QED) is 0.138. The molecule has 0 aliphatic carbocycles. The number of hydrazone groups is 1. The van der Waals surface area contributed by atoms with E-state index in [1.807, 2.05) is 37.3 Å². The lowest BCUT2D eigenvalue weighted by Gasteiger charge is -2.11. The molecule has 0 aromatic heterocycles. The van der Waals surface area contributed by atoms with Gasteiger partial charge in [-0.3, -0.25) is 4.79 Å². The fraction of sp³-hybridized carbons (Fsp3) is 0.107. The minimum atomic E-state index is -0.526. The van der Waals surface area contributed by atoms with Gasteiger partial charge in [-0.05, 0) is 66.2 Å². The molecule has 0 atom stereocenters. The van der Waals surface area contributed by atoms with Crippen LogP contribution in [-0.4, -0.2) is 31.3 Å². The number of carbonyl (C=O) groups excluding carboxylic acids is 2. The van der Waals surface area contributed by atoms with Crippen molar-refractivity contribution >= 4 is 40.5 Å². The van der Waals surface area contributed by atoms with Crippen LogP contribution in [0.15, 0.2) is 90.0 Å². The molecule has 0 radical (unpaired) electrons. The first-order valence-electron chi connectivity index (χ1n) is 11.2. The van der Waals surface area contributed by atoms with Crippen LogP contribution < -0.4 is 19.6 Å². The molecule has 36 heavy (non-hydrogen) atoms. The predicted octanol–water partition coefficient (Wildman–Crippen LogP) is 5.64. The Morgan fingerprint density at radius 2 is 1.72 bits per heavy atom. The van der Waals surface area contributed by atoms with E-state index in [9.17, 15) is 9.59 Å². The highest BCUT2D eigenvalue weighted by Gasteiger charge is 2.14. The van der Waals surface area contributed by atoms with Gasteiger partial charge in [0.05, 0.1) is 18.4 Å². The zero-order valence-corrected chi connectivity index (χ0v) is 20.2. The largest absolute Gasteiger partial charge is 0.494 e. The van der Waals surface area contributed by atoms with Gasteiger partial charge in [0.15, 0.2) is 6.61 Å². The molecule has 1 N–H and O–H groups in total. The maximum Gasteiger partial charge on any atom is 0.343 e. The van der Waals surface area contributed by atoms with Gasteiger partial charge in [-0.2, -0.15) is 5.10 Å². The van der Waals surface area contributed by atoms with Crippen molar-refractivity contribution in [3.05, 3.63) is 101 Å². The molecular formula is C28H23ClN2O5. The molecule has 1 amide bonds. The van der Waals surface area contributed by atoms with Crippen LogP contribution in [0.4, 0.5) is 0 Å². The van der Waals surface area contributed by atoms with Gasteiger partial charge in [-0.1, -0.05) is 48.0 Å². The van der Waals surface area contributed by atoms with Gasteiger partial charge < -0.3 is 14.2 Å². The smallest absolute Gasteiger partial charge is 0.343 e. The van der Waals surface area contributed by atoms with Gasteiger partial charge in [0.1, 0.15) is 17.2 Å². The second-order valence-corrected chi connectivity index (χ2v) is 8.02. The number of halogens is 1. The number of nitrogens with one attached hydrogen (secondary N) is 1. The summed E-state index contributed by atoms with van der Waals surface area (Å²) in [5.41, 5.74) is 3.35. The molecule has 4 aromatic rings. The third-order valence-electron chi connectivity index (χ3n) is 5.08. The lowest BCUT2D eigenvalue weighted by atomic mass is 10.0. The van der Waals surface area contributed by atoms with E-state index in [1.54, 1.807) is 54.6 Å². The average Bonchev–Trinajstić information content (AvgIpc) is 2.89. The van der Waals surface area contributed by atoms with Crippen molar-refractivity contribution in [3.8, 4) is 17.2 Å². The molecule has 0 unspecified atom stereocenters. The number of hydrogen-bond acceptors (Lipinski definition) is 6. The molecule has 0 aliphatic rings. The first-order valence-corrected chi connectivity index (χ1v) is 11.6. The molecule has 0 saturated heterocycles. The van der Waals surface area contributed by atoms with Gasteiger partial charge in [0.2, 0.25) is 0 Å². The minimum absolute atomic E-state index is 0.243. The highest BCUT2D eigenvalue weighted by molar-refractivity contribution is 6.30. The van der Waals surface area contributed by atoms with Crippen LogP contribution in [-0.2, 0) is 4.79 Å². The second-order valence-electron chi connectivity index (χ2n) is 7.58. The Hall–Kier alpha value is -4.36. The summed E-state index contributed by atoms with van der Waals surface area (Å²) in [6, 6.07) is 24.6. The lowest BCUT2D eigenvalue weighted by molar-refractivity contribution is -0.123. The third kappa shape index (κ3) is 6.40. The predicted molar refractivity (Wildman–Crippen MR) is 139 cm³/mol. The maximum atomic E-state index is 12.8. The van der Waals surface area contributed by atoms with E-state index in [2.05, 4.69) is 10.5 Å². The van der Waals surface area contributed by atoms with Crippen molar-refractivity contribution < 1.29 is 23.8 Å². The summed E-state index contributed by atoms with van der Waals surface area (Å²) in [4.78, 5) is 25.0.